The van der Waals surface area contributed by atoms with Gasteiger partial charge in [-0.3, -0.25) is 7.32 Å². The smallest absolute Gasteiger partial charge is 0.907 e. The SMILES string of the molecule is O.OB(O)O.OB(O)O.OB(O)O.OB(O)O.OB(O)O.OB(O)O.OB(O)O.OB(O)O.OB(O)O.[Na+].[O-]B([O-])[O-].[Zn+2]. The summed E-state index contributed by atoms with van der Waals surface area (Å²) in [5, 5.41) is 219. The van der Waals surface area contributed by atoms with Crippen molar-refractivity contribution in [3.8, 4) is 0 Å². The molecule has 31 nitrogen and oxygen atoms in total. The fourth-order valence-corrected chi connectivity index (χ4v) is 0. The Morgan fingerprint density at radius 2 is 0.233 bits per heavy atom. The van der Waals surface area contributed by atoms with Crippen molar-refractivity contribution in [3.05, 3.63) is 0 Å². The molecule has 0 aliphatic carbocycles. The van der Waals surface area contributed by atoms with Crippen molar-refractivity contribution in [1.29, 1.82) is 0 Å². The molecule has 0 heterocycles. The predicted octanol–water partition coefficient (Wildman–Crippen LogP) is -26.2. The maximum atomic E-state index is 8.42. The summed E-state index contributed by atoms with van der Waals surface area (Å²) in [6, 6.07) is 0. The van der Waals surface area contributed by atoms with Gasteiger partial charge >= 0.3 is 115 Å². The molecule has 0 aromatic rings. The van der Waals surface area contributed by atoms with E-state index in [0.29, 0.717) is 0 Å². The van der Waals surface area contributed by atoms with E-state index in [1.54, 1.807) is 0 Å². The van der Waals surface area contributed by atoms with Gasteiger partial charge in [-0.15, -0.1) is 0 Å². The van der Waals surface area contributed by atoms with Crippen molar-refractivity contribution >= 4 is 73.2 Å². The molecule has 0 rings (SSSR count). The van der Waals surface area contributed by atoms with Crippen molar-refractivity contribution < 1.29 is 205 Å². The molecule has 0 unspecified atom stereocenters. The van der Waals surface area contributed by atoms with Gasteiger partial charge < -0.3 is 156 Å². The Bertz CT molecular complexity index is 194. The first kappa shape index (κ1) is 84.7. The van der Waals surface area contributed by atoms with Crippen LogP contribution >= 0.6 is 0 Å². The largest absolute Gasteiger partial charge is 2.00 e. The van der Waals surface area contributed by atoms with Crippen LogP contribution < -0.4 is 44.6 Å². The van der Waals surface area contributed by atoms with Crippen molar-refractivity contribution in [2.75, 3.05) is 0 Å². The van der Waals surface area contributed by atoms with Gasteiger partial charge in [0.1, 0.15) is 0 Å². The molecule has 29 N–H and O–H groups in total. The van der Waals surface area contributed by atoms with Gasteiger partial charge in [0.25, 0.3) is 0 Å². The van der Waals surface area contributed by atoms with Crippen LogP contribution in [0.4, 0.5) is 0 Å². The Balaban J connectivity index is -0.0000000210. The van der Waals surface area contributed by atoms with Crippen molar-refractivity contribution in [2.24, 2.45) is 0 Å². The summed E-state index contributed by atoms with van der Waals surface area (Å²) in [6.45, 7) is 0. The molecule has 43 heteroatoms. The fourth-order valence-electron chi connectivity index (χ4n) is 0. The summed E-state index contributed by atoms with van der Waals surface area (Å²) in [4.78, 5) is 0. The van der Waals surface area contributed by atoms with Crippen LogP contribution in [0.5, 0.6) is 0 Å². The minimum absolute atomic E-state index is 0. The average Bonchev–Trinajstić information content (AvgIpc) is 2.47. The van der Waals surface area contributed by atoms with E-state index in [0.717, 1.165) is 0 Å². The van der Waals surface area contributed by atoms with E-state index in [1.807, 2.05) is 0 Å². The van der Waals surface area contributed by atoms with E-state index in [9.17, 15) is 0 Å². The third-order valence-electron chi connectivity index (χ3n) is 0. The number of hydrogen-bond donors (Lipinski definition) is 27. The molecule has 0 radical (unpaired) electrons. The van der Waals surface area contributed by atoms with Crippen molar-refractivity contribution in [2.45, 2.75) is 0 Å². The first-order chi connectivity index (χ1) is 17.3. The van der Waals surface area contributed by atoms with E-state index in [1.165, 1.54) is 0 Å². The predicted molar refractivity (Wildman–Crippen MR) is 121 cm³/mol. The minimum Gasteiger partial charge on any atom is -0.907 e. The van der Waals surface area contributed by atoms with Crippen LogP contribution in [0.15, 0.2) is 0 Å². The maximum Gasteiger partial charge on any atom is 2.00 e. The van der Waals surface area contributed by atoms with E-state index in [4.69, 9.17) is 151 Å². The summed E-state index contributed by atoms with van der Waals surface area (Å²) in [6.07, 6.45) is 0. The van der Waals surface area contributed by atoms with E-state index >= 15 is 0 Å². The molecule has 0 aliphatic heterocycles. The molecular formula is H29B10NaO31Zn. The summed E-state index contributed by atoms with van der Waals surface area (Å²) >= 11 is 0. The number of rotatable bonds is 0. The summed E-state index contributed by atoms with van der Waals surface area (Å²) in [5.74, 6) is 0. The van der Waals surface area contributed by atoms with E-state index in [-0.39, 0.29) is 54.5 Å². The fraction of sp³-hybridized carbons (Fsp3) is 0. The van der Waals surface area contributed by atoms with Gasteiger partial charge in [-0.05, 0) is 0 Å². The van der Waals surface area contributed by atoms with Crippen LogP contribution in [0.25, 0.3) is 0 Å². The molecule has 0 aliphatic rings. The summed E-state index contributed by atoms with van der Waals surface area (Å²) in [5.41, 5.74) is 0. The normalized spacial score (nSPS) is 6.28. The average molecular weight is 722 g/mol. The maximum absolute atomic E-state index is 8.42. The van der Waals surface area contributed by atoms with Gasteiger partial charge in [-0.1, -0.05) is 0 Å². The van der Waals surface area contributed by atoms with Gasteiger partial charge in [0.15, 0.2) is 0 Å². The van der Waals surface area contributed by atoms with E-state index < -0.39 is 73.2 Å². The second-order valence-corrected chi connectivity index (χ2v) is 3.41. The molecule has 0 aromatic carbocycles. The Kier molecular flexibility index (Phi) is 155. The Morgan fingerprint density at radius 3 is 0.233 bits per heavy atom. The van der Waals surface area contributed by atoms with Crippen molar-refractivity contribution in [3.63, 3.8) is 0 Å². The van der Waals surface area contributed by atoms with Gasteiger partial charge in [0.2, 0.25) is 0 Å². The zero-order chi connectivity index (χ0) is 35.8. The monoisotopic (exact) mass is 722 g/mol. The topological polar surface area (TPSA) is 647 Å². The Hall–Kier alpha value is 1.03. The van der Waals surface area contributed by atoms with Crippen LogP contribution in [0.3, 0.4) is 0 Å². The third-order valence-corrected chi connectivity index (χ3v) is 0. The third kappa shape index (κ3) is 67900. The molecule has 0 aromatic heterocycles. The second kappa shape index (κ2) is 78.9. The first-order valence-corrected chi connectivity index (χ1v) is 7.68. The molecule has 0 bridgehead atoms. The van der Waals surface area contributed by atoms with Gasteiger partial charge in [0, 0.05) is 0 Å². The van der Waals surface area contributed by atoms with Crippen molar-refractivity contribution in [1.82, 2.24) is 0 Å². The Morgan fingerprint density at radius 1 is 0.233 bits per heavy atom. The van der Waals surface area contributed by atoms with Gasteiger partial charge in [-0.2, -0.15) is 0 Å². The van der Waals surface area contributed by atoms with E-state index in [2.05, 4.69) is 0 Å². The van der Waals surface area contributed by atoms with Crippen LogP contribution in [0, 0.1) is 0 Å². The molecule has 0 amide bonds. The van der Waals surface area contributed by atoms with Crippen LogP contribution in [-0.4, -0.2) is 214 Å². The minimum atomic E-state index is -2.92. The van der Waals surface area contributed by atoms with Crippen LogP contribution in [-0.2, 0) is 19.5 Å². The van der Waals surface area contributed by atoms with Crippen LogP contribution in [0.1, 0.15) is 0 Å². The molecular weight excluding hydrogens is 692 g/mol. The zero-order valence-corrected chi connectivity index (χ0v) is 26.2. The van der Waals surface area contributed by atoms with Gasteiger partial charge in [0.05, 0.1) is 0 Å². The molecule has 0 saturated heterocycles. The molecule has 248 valence electrons. The molecule has 0 saturated carbocycles. The quantitative estimate of drug-likeness (QED) is 0.103. The number of hydrogen-bond acceptors (Lipinski definition) is 30. The van der Waals surface area contributed by atoms with Crippen LogP contribution in [0.2, 0.25) is 0 Å². The summed E-state index contributed by atoms with van der Waals surface area (Å²) in [7, 11) is -22.4. The Labute approximate surface area is 277 Å². The zero-order valence-electron chi connectivity index (χ0n) is 21.3. The first-order valence-electron chi connectivity index (χ1n) is 7.68. The second-order valence-electron chi connectivity index (χ2n) is 3.41. The molecule has 0 spiro atoms. The molecule has 0 atom stereocenters. The molecule has 0 fully saturated rings. The molecule has 43 heavy (non-hydrogen) atoms. The summed E-state index contributed by atoms with van der Waals surface area (Å²) < 4.78 is 0. The standard InChI is InChI=1S/9BH3O3.BO3.Na.H2O.Zn/c10*2-1(3)4;;;/h9*2-4H;;;1H2;/q;;;;;;;;;-3;+1;;+2. The van der Waals surface area contributed by atoms with Gasteiger partial charge in [-0.25, -0.2) is 0 Å².